The molecule has 0 radical (unpaired) electrons. The number of unbranched alkanes of at least 4 members (excludes halogenated alkanes) is 1. The van der Waals surface area contributed by atoms with Crippen molar-refractivity contribution < 1.29 is 4.79 Å². The first-order valence-electron chi connectivity index (χ1n) is 5.97. The molecule has 0 aromatic rings. The first-order chi connectivity index (χ1) is 7.25. The monoisotopic (exact) mass is 207 g/mol. The van der Waals surface area contributed by atoms with Gasteiger partial charge in [-0.2, -0.15) is 0 Å². The number of hydrogen-bond acceptors (Lipinski definition) is 1. The minimum absolute atomic E-state index is 0.0594. The van der Waals surface area contributed by atoms with Crippen LogP contribution in [0.5, 0.6) is 0 Å². The molecule has 1 N–H and O–H groups in total. The zero-order chi connectivity index (χ0) is 11.1. The predicted molar refractivity (Wildman–Crippen MR) is 62.3 cm³/mol. The molecule has 1 rings (SSSR count). The lowest BCUT2D eigenvalue weighted by Crippen LogP contribution is -2.39. The minimum atomic E-state index is -0.0594. The topological polar surface area (TPSA) is 29.1 Å². The molecule has 15 heavy (non-hydrogen) atoms. The van der Waals surface area contributed by atoms with Crippen LogP contribution < -0.4 is 5.32 Å². The van der Waals surface area contributed by atoms with Gasteiger partial charge in [-0.05, 0) is 25.7 Å². The van der Waals surface area contributed by atoms with Crippen LogP contribution in [0.25, 0.3) is 0 Å². The van der Waals surface area contributed by atoms with Gasteiger partial charge in [0, 0.05) is 18.4 Å². The summed E-state index contributed by atoms with van der Waals surface area (Å²) in [5.41, 5.74) is -0.0594. The Bertz CT molecular complexity index is 246. The first-order valence-corrected chi connectivity index (χ1v) is 5.97. The molecule has 0 atom stereocenters. The molecule has 0 aromatic carbocycles. The molecule has 0 aliphatic heterocycles. The van der Waals surface area contributed by atoms with E-state index in [2.05, 4.69) is 18.2 Å². The highest BCUT2D eigenvalue weighted by molar-refractivity contribution is 5.82. The van der Waals surface area contributed by atoms with E-state index >= 15 is 0 Å². The summed E-state index contributed by atoms with van der Waals surface area (Å²) in [5.74, 6) is 2.83. The van der Waals surface area contributed by atoms with Gasteiger partial charge >= 0.3 is 0 Å². The van der Waals surface area contributed by atoms with Crippen LogP contribution in [0.15, 0.2) is 0 Å². The molecule has 2 nitrogen and oxygen atoms in total. The van der Waals surface area contributed by atoms with E-state index in [1.807, 2.05) is 0 Å². The molecule has 0 aromatic heterocycles. The molecule has 0 spiro atoms. The lowest BCUT2D eigenvalue weighted by atomic mass is 9.82. The van der Waals surface area contributed by atoms with Gasteiger partial charge in [0.25, 0.3) is 0 Å². The maximum Gasteiger partial charge on any atom is 0.226 e. The molecule has 0 unspecified atom stereocenters. The van der Waals surface area contributed by atoms with Crippen molar-refractivity contribution in [2.45, 2.75) is 51.9 Å². The molecule has 1 aliphatic rings. The van der Waals surface area contributed by atoms with Crippen molar-refractivity contribution in [3.8, 4) is 12.3 Å². The zero-order valence-corrected chi connectivity index (χ0v) is 9.64. The van der Waals surface area contributed by atoms with Crippen LogP contribution >= 0.6 is 0 Å². The van der Waals surface area contributed by atoms with E-state index in [-0.39, 0.29) is 11.3 Å². The summed E-state index contributed by atoms with van der Waals surface area (Å²) < 4.78 is 0. The molecule has 2 heteroatoms. The number of carbonyl (C=O) groups is 1. The van der Waals surface area contributed by atoms with Crippen molar-refractivity contribution in [2.75, 3.05) is 6.54 Å². The Kier molecular flexibility index (Phi) is 4.68. The molecular weight excluding hydrogens is 186 g/mol. The van der Waals surface area contributed by atoms with Gasteiger partial charge < -0.3 is 5.32 Å². The largest absolute Gasteiger partial charge is 0.356 e. The van der Waals surface area contributed by atoms with Crippen molar-refractivity contribution in [2.24, 2.45) is 5.41 Å². The quantitative estimate of drug-likeness (QED) is 0.544. The van der Waals surface area contributed by atoms with Crippen LogP contribution in [-0.2, 0) is 4.79 Å². The Labute approximate surface area is 92.8 Å². The van der Waals surface area contributed by atoms with Gasteiger partial charge in [0.2, 0.25) is 5.91 Å². The van der Waals surface area contributed by atoms with E-state index in [0.717, 1.165) is 38.6 Å². The summed E-state index contributed by atoms with van der Waals surface area (Å²) >= 11 is 0. The second kappa shape index (κ2) is 5.80. The SMILES string of the molecule is C#CCCCNC(=O)C1(CC)CCCC1. The Balaban J connectivity index is 2.34. The van der Waals surface area contributed by atoms with Gasteiger partial charge in [0.1, 0.15) is 0 Å². The summed E-state index contributed by atoms with van der Waals surface area (Å²) in [4.78, 5) is 12.0. The van der Waals surface area contributed by atoms with Crippen LogP contribution in [0.4, 0.5) is 0 Å². The number of amides is 1. The third-order valence-corrected chi connectivity index (χ3v) is 3.50. The maximum absolute atomic E-state index is 12.0. The Morgan fingerprint density at radius 2 is 2.13 bits per heavy atom. The summed E-state index contributed by atoms with van der Waals surface area (Å²) in [5, 5.41) is 3.02. The number of hydrogen-bond donors (Lipinski definition) is 1. The fourth-order valence-electron chi connectivity index (χ4n) is 2.37. The number of carbonyl (C=O) groups excluding carboxylic acids is 1. The molecule has 0 heterocycles. The number of terminal acetylenes is 1. The molecule has 84 valence electrons. The molecule has 0 saturated heterocycles. The van der Waals surface area contributed by atoms with Gasteiger partial charge in [-0.3, -0.25) is 4.79 Å². The van der Waals surface area contributed by atoms with Crippen LogP contribution in [0.2, 0.25) is 0 Å². The van der Waals surface area contributed by atoms with Crippen LogP contribution in [0.1, 0.15) is 51.9 Å². The first kappa shape index (κ1) is 12.1. The lowest BCUT2D eigenvalue weighted by Gasteiger charge is -2.25. The van der Waals surface area contributed by atoms with Crippen molar-refractivity contribution in [3.05, 3.63) is 0 Å². The van der Waals surface area contributed by atoms with Gasteiger partial charge in [0.15, 0.2) is 0 Å². The summed E-state index contributed by atoms with van der Waals surface area (Å²) in [6.45, 7) is 2.84. The highest BCUT2D eigenvalue weighted by atomic mass is 16.2. The van der Waals surface area contributed by atoms with Crippen LogP contribution in [0.3, 0.4) is 0 Å². The van der Waals surface area contributed by atoms with Gasteiger partial charge in [-0.15, -0.1) is 12.3 Å². The van der Waals surface area contributed by atoms with E-state index in [1.54, 1.807) is 0 Å². The van der Waals surface area contributed by atoms with E-state index < -0.39 is 0 Å². The highest BCUT2D eigenvalue weighted by Gasteiger charge is 2.38. The molecule has 0 bridgehead atoms. The van der Waals surface area contributed by atoms with Crippen molar-refractivity contribution in [1.82, 2.24) is 5.32 Å². The molecule has 1 aliphatic carbocycles. The van der Waals surface area contributed by atoms with Crippen LogP contribution in [0, 0.1) is 17.8 Å². The molecule has 1 amide bonds. The third kappa shape index (κ3) is 2.99. The van der Waals surface area contributed by atoms with Crippen molar-refractivity contribution >= 4 is 5.91 Å². The lowest BCUT2D eigenvalue weighted by molar-refractivity contribution is -0.131. The summed E-state index contributed by atoms with van der Waals surface area (Å²) in [6.07, 6.45) is 12.3. The van der Waals surface area contributed by atoms with Crippen molar-refractivity contribution in [3.63, 3.8) is 0 Å². The zero-order valence-electron chi connectivity index (χ0n) is 9.64. The average Bonchev–Trinajstić information content (AvgIpc) is 2.74. The van der Waals surface area contributed by atoms with E-state index in [9.17, 15) is 4.79 Å². The maximum atomic E-state index is 12.0. The fraction of sp³-hybridized carbons (Fsp3) is 0.769. The molecular formula is C13H21NO. The van der Waals surface area contributed by atoms with Gasteiger partial charge in [-0.1, -0.05) is 19.8 Å². The Morgan fingerprint density at radius 1 is 1.47 bits per heavy atom. The Morgan fingerprint density at radius 3 is 2.67 bits per heavy atom. The summed E-state index contributed by atoms with van der Waals surface area (Å²) in [6, 6.07) is 0. The second-order valence-electron chi connectivity index (χ2n) is 4.40. The Hall–Kier alpha value is -0.970. The van der Waals surface area contributed by atoms with Gasteiger partial charge in [-0.25, -0.2) is 0 Å². The molecule has 1 saturated carbocycles. The normalized spacial score (nSPS) is 18.4. The number of rotatable bonds is 5. The standard InChI is InChI=1S/C13H21NO/c1-3-5-8-11-14-12(15)13(4-2)9-6-7-10-13/h1H,4-11H2,2H3,(H,14,15). The third-order valence-electron chi connectivity index (χ3n) is 3.50. The molecule has 1 fully saturated rings. The second-order valence-corrected chi connectivity index (χ2v) is 4.40. The van der Waals surface area contributed by atoms with E-state index in [4.69, 9.17) is 6.42 Å². The number of nitrogens with one attached hydrogen (secondary N) is 1. The fourth-order valence-corrected chi connectivity index (χ4v) is 2.37. The minimum Gasteiger partial charge on any atom is -0.356 e. The van der Waals surface area contributed by atoms with Crippen molar-refractivity contribution in [1.29, 1.82) is 0 Å². The van der Waals surface area contributed by atoms with E-state index in [1.165, 1.54) is 12.8 Å². The van der Waals surface area contributed by atoms with Gasteiger partial charge in [0.05, 0.1) is 0 Å². The smallest absolute Gasteiger partial charge is 0.226 e. The average molecular weight is 207 g/mol. The highest BCUT2D eigenvalue weighted by Crippen LogP contribution is 2.40. The van der Waals surface area contributed by atoms with Crippen LogP contribution in [-0.4, -0.2) is 12.5 Å². The summed E-state index contributed by atoms with van der Waals surface area (Å²) in [7, 11) is 0. The van der Waals surface area contributed by atoms with E-state index in [0.29, 0.717) is 0 Å². The predicted octanol–water partition coefficient (Wildman–Crippen LogP) is 2.49.